The molecule has 0 fully saturated rings. The van der Waals surface area contributed by atoms with Gasteiger partial charge in [0.15, 0.2) is 0 Å². The van der Waals surface area contributed by atoms with Crippen LogP contribution in [0.15, 0.2) is 10.2 Å². The highest BCUT2D eigenvalue weighted by Crippen LogP contribution is 2.21. The maximum absolute atomic E-state index is 8.16. The van der Waals surface area contributed by atoms with Crippen LogP contribution in [-0.4, -0.2) is 19.6 Å². The minimum atomic E-state index is -0.377. The number of hydrogen-bond acceptors (Lipinski definition) is 3. The van der Waals surface area contributed by atoms with E-state index in [1.165, 1.54) is 0 Å². The summed E-state index contributed by atoms with van der Waals surface area (Å²) in [5, 5.41) is 6.91. The molecule has 0 aromatic rings. The van der Waals surface area contributed by atoms with Crippen molar-refractivity contribution in [2.75, 3.05) is 19.6 Å². The summed E-state index contributed by atoms with van der Waals surface area (Å²) in [7, 11) is 0. The van der Waals surface area contributed by atoms with Crippen LogP contribution in [0.2, 0.25) is 0 Å². The molecule has 0 bridgehead atoms. The molecule has 72 valence electrons. The molecule has 7 nitrogen and oxygen atoms in total. The van der Waals surface area contributed by atoms with E-state index in [0.29, 0.717) is 6.54 Å². The van der Waals surface area contributed by atoms with Crippen LogP contribution in [0.25, 0.3) is 20.9 Å². The Morgan fingerprint density at radius 1 is 1.23 bits per heavy atom. The second kappa shape index (κ2) is 6.14. The summed E-state index contributed by atoms with van der Waals surface area (Å²) in [6, 6.07) is 0. The molecule has 0 aliphatic carbocycles. The quantitative estimate of drug-likeness (QED) is 0.377. The number of azide groups is 2. The molecule has 13 heavy (non-hydrogen) atoms. The van der Waals surface area contributed by atoms with Gasteiger partial charge >= 0.3 is 0 Å². The molecule has 0 rings (SSSR count). The average molecular weight is 183 g/mol. The van der Waals surface area contributed by atoms with E-state index in [1.807, 2.05) is 6.92 Å². The van der Waals surface area contributed by atoms with E-state index < -0.39 is 0 Å². The number of nitrogens with zero attached hydrogens (tertiary/aromatic N) is 6. The zero-order valence-electron chi connectivity index (χ0n) is 7.59. The van der Waals surface area contributed by atoms with Crippen molar-refractivity contribution >= 4 is 0 Å². The van der Waals surface area contributed by atoms with E-state index in [-0.39, 0.29) is 18.5 Å². The van der Waals surface area contributed by atoms with Crippen LogP contribution in [-0.2, 0) is 0 Å². The average Bonchev–Trinajstić information content (AvgIpc) is 2.20. The predicted molar refractivity (Wildman–Crippen MR) is 49.8 cm³/mol. The molecule has 0 radical (unpaired) electrons. The van der Waals surface area contributed by atoms with Crippen LogP contribution in [0.1, 0.15) is 13.3 Å². The van der Waals surface area contributed by atoms with Gasteiger partial charge in [-0.25, -0.2) is 0 Å². The summed E-state index contributed by atoms with van der Waals surface area (Å²) >= 11 is 0. The Labute approximate surface area is 76.2 Å². The van der Waals surface area contributed by atoms with Gasteiger partial charge in [-0.1, -0.05) is 17.2 Å². The molecule has 0 unspecified atom stereocenters. The molecule has 0 saturated carbocycles. The second-order valence-corrected chi connectivity index (χ2v) is 2.84. The van der Waals surface area contributed by atoms with Crippen molar-refractivity contribution < 1.29 is 0 Å². The summed E-state index contributed by atoms with van der Waals surface area (Å²) < 4.78 is 0. The molecule has 0 spiro atoms. The smallest absolute Gasteiger partial charge is 0.0327 e. The van der Waals surface area contributed by atoms with Crippen molar-refractivity contribution in [3.8, 4) is 0 Å². The molecule has 0 heterocycles. The fourth-order valence-corrected chi connectivity index (χ4v) is 0.910. The van der Waals surface area contributed by atoms with E-state index in [4.69, 9.17) is 16.8 Å². The van der Waals surface area contributed by atoms with Gasteiger partial charge in [-0.05, 0) is 29.4 Å². The lowest BCUT2D eigenvalue weighted by Crippen LogP contribution is -2.35. The standard InChI is InChI=1S/C6H13N7/c1-2-6(3-7,4-10-12-8)5-11-13-9/h2-5,7H2,1H3. The van der Waals surface area contributed by atoms with Crippen molar-refractivity contribution in [3.63, 3.8) is 0 Å². The molecule has 0 aliphatic rings. The Hall–Kier alpha value is -1.42. The van der Waals surface area contributed by atoms with E-state index >= 15 is 0 Å². The molecule has 0 aliphatic heterocycles. The van der Waals surface area contributed by atoms with Gasteiger partial charge < -0.3 is 5.73 Å². The predicted octanol–water partition coefficient (Wildman–Crippen LogP) is 1.96. The van der Waals surface area contributed by atoms with E-state index in [2.05, 4.69) is 20.1 Å². The van der Waals surface area contributed by atoms with Gasteiger partial charge in [-0.2, -0.15) is 0 Å². The molecule has 2 N–H and O–H groups in total. The minimum absolute atomic E-state index is 0.273. The van der Waals surface area contributed by atoms with Crippen LogP contribution in [0.3, 0.4) is 0 Å². The molecule has 0 aromatic carbocycles. The molecule has 0 saturated heterocycles. The minimum Gasteiger partial charge on any atom is -0.330 e. The maximum atomic E-state index is 8.16. The topological polar surface area (TPSA) is 124 Å². The number of hydrogen-bond donors (Lipinski definition) is 1. The van der Waals surface area contributed by atoms with Gasteiger partial charge in [0.2, 0.25) is 0 Å². The highest BCUT2D eigenvalue weighted by atomic mass is 15.2. The van der Waals surface area contributed by atoms with Crippen molar-refractivity contribution in [1.82, 2.24) is 0 Å². The third kappa shape index (κ3) is 3.66. The zero-order valence-corrected chi connectivity index (χ0v) is 7.59. The summed E-state index contributed by atoms with van der Waals surface area (Å²) in [6.45, 7) is 2.82. The monoisotopic (exact) mass is 183 g/mol. The van der Waals surface area contributed by atoms with Gasteiger partial charge in [-0.15, -0.1) is 0 Å². The van der Waals surface area contributed by atoms with Gasteiger partial charge in [0.1, 0.15) is 0 Å². The van der Waals surface area contributed by atoms with E-state index in [9.17, 15) is 0 Å². The summed E-state index contributed by atoms with van der Waals surface area (Å²) in [4.78, 5) is 5.32. The zero-order chi connectivity index (χ0) is 10.2. The Morgan fingerprint density at radius 2 is 1.69 bits per heavy atom. The van der Waals surface area contributed by atoms with Crippen LogP contribution in [0.5, 0.6) is 0 Å². The Balaban J connectivity index is 4.46. The lowest BCUT2D eigenvalue weighted by molar-refractivity contribution is 0.308. The third-order valence-corrected chi connectivity index (χ3v) is 2.12. The first kappa shape index (κ1) is 11.6. The molecular weight excluding hydrogens is 170 g/mol. The second-order valence-electron chi connectivity index (χ2n) is 2.84. The lowest BCUT2D eigenvalue weighted by Gasteiger charge is -2.27. The first-order chi connectivity index (χ1) is 6.24. The van der Waals surface area contributed by atoms with Crippen LogP contribution < -0.4 is 5.73 Å². The number of nitrogens with two attached hydrogens (primary N) is 1. The normalized spacial score (nSPS) is 13.7. The highest BCUT2D eigenvalue weighted by Gasteiger charge is 2.24. The first-order valence-electron chi connectivity index (χ1n) is 3.96. The highest BCUT2D eigenvalue weighted by molar-refractivity contribution is 4.84. The molecule has 7 heteroatoms. The Morgan fingerprint density at radius 3 is 1.92 bits per heavy atom. The molecule has 0 amide bonds. The van der Waals surface area contributed by atoms with Crippen LogP contribution in [0.4, 0.5) is 0 Å². The fourth-order valence-electron chi connectivity index (χ4n) is 0.910. The third-order valence-electron chi connectivity index (χ3n) is 2.12. The fraction of sp³-hybridized carbons (Fsp3) is 1.00. The summed E-state index contributed by atoms with van der Waals surface area (Å²) in [5.41, 5.74) is 21.5. The van der Waals surface area contributed by atoms with Gasteiger partial charge in [-0.3, -0.25) is 0 Å². The van der Waals surface area contributed by atoms with Crippen molar-refractivity contribution in [2.45, 2.75) is 13.3 Å². The molecule has 0 aromatic heterocycles. The van der Waals surface area contributed by atoms with E-state index in [1.54, 1.807) is 0 Å². The van der Waals surface area contributed by atoms with Crippen LogP contribution >= 0.6 is 0 Å². The SMILES string of the molecule is CCC(CN)(CN=[N+]=[N-])CN=[N+]=[N-]. The molecule has 0 atom stereocenters. The summed E-state index contributed by atoms with van der Waals surface area (Å²) in [6.07, 6.45) is 0.724. The maximum Gasteiger partial charge on any atom is 0.0327 e. The van der Waals surface area contributed by atoms with Crippen molar-refractivity contribution in [3.05, 3.63) is 20.9 Å². The first-order valence-corrected chi connectivity index (χ1v) is 3.96. The van der Waals surface area contributed by atoms with Gasteiger partial charge in [0.25, 0.3) is 0 Å². The molecular formula is C6H13N7. The van der Waals surface area contributed by atoms with Crippen LogP contribution in [0, 0.1) is 5.41 Å². The van der Waals surface area contributed by atoms with Crippen molar-refractivity contribution in [1.29, 1.82) is 0 Å². The lowest BCUT2D eigenvalue weighted by atomic mass is 9.85. The number of rotatable bonds is 6. The Bertz CT molecular complexity index is 209. The Kier molecular flexibility index (Phi) is 5.47. The van der Waals surface area contributed by atoms with Gasteiger partial charge in [0.05, 0.1) is 0 Å². The van der Waals surface area contributed by atoms with Crippen molar-refractivity contribution in [2.24, 2.45) is 21.4 Å². The largest absolute Gasteiger partial charge is 0.330 e. The van der Waals surface area contributed by atoms with Gasteiger partial charge in [0, 0.05) is 22.9 Å². The summed E-state index contributed by atoms with van der Waals surface area (Å²) in [5.74, 6) is 0. The van der Waals surface area contributed by atoms with E-state index in [0.717, 1.165) is 6.42 Å².